The number of thioether (sulfide) groups is 1. The van der Waals surface area contributed by atoms with Gasteiger partial charge in [-0.3, -0.25) is 4.79 Å². The van der Waals surface area contributed by atoms with Crippen LogP contribution < -0.4 is 0 Å². The monoisotopic (exact) mass is 218 g/mol. The van der Waals surface area contributed by atoms with Crippen molar-refractivity contribution in [2.45, 2.75) is 38.2 Å². The highest BCUT2D eigenvalue weighted by Crippen LogP contribution is 2.17. The number of unbranched alkanes of at least 4 members (excludes halogenated alkanes) is 1. The number of carbonyl (C=O) groups is 1. The Morgan fingerprint density at radius 1 is 1.50 bits per heavy atom. The fourth-order valence-corrected chi connectivity index (χ4v) is 2.57. The number of rotatable bonds is 7. The van der Waals surface area contributed by atoms with E-state index in [1.54, 1.807) is 0 Å². The molecule has 0 aliphatic carbocycles. The van der Waals surface area contributed by atoms with Crippen molar-refractivity contribution in [2.75, 3.05) is 18.1 Å². The molecule has 1 atom stereocenters. The third-order valence-electron chi connectivity index (χ3n) is 2.26. The fourth-order valence-electron chi connectivity index (χ4n) is 1.47. The third-order valence-corrected chi connectivity index (χ3v) is 3.44. The first kappa shape index (κ1) is 11.9. The Labute approximate surface area is 89.2 Å². The van der Waals surface area contributed by atoms with Crippen molar-refractivity contribution in [3.8, 4) is 0 Å². The second-order valence-electron chi connectivity index (χ2n) is 3.56. The van der Waals surface area contributed by atoms with Crippen LogP contribution in [0.2, 0.25) is 0 Å². The minimum Gasteiger partial charge on any atom is -0.481 e. The number of carboxylic acid groups (broad SMARTS) is 1. The van der Waals surface area contributed by atoms with Gasteiger partial charge in [-0.1, -0.05) is 0 Å². The number of carboxylic acids is 1. The average Bonchev–Trinajstić information content (AvgIpc) is 2.63. The Bertz CT molecular complexity index is 167. The van der Waals surface area contributed by atoms with Gasteiger partial charge in [0.1, 0.15) is 0 Å². The molecule has 1 fully saturated rings. The molecule has 0 aromatic rings. The van der Waals surface area contributed by atoms with E-state index in [-0.39, 0.29) is 0 Å². The lowest BCUT2D eigenvalue weighted by atomic mass is 10.2. The SMILES string of the molecule is O=C(O)CCCCSCC1CCCO1. The van der Waals surface area contributed by atoms with Crippen molar-refractivity contribution in [1.29, 1.82) is 0 Å². The molecule has 1 N–H and O–H groups in total. The summed E-state index contributed by atoms with van der Waals surface area (Å²) in [5.74, 6) is 1.45. The van der Waals surface area contributed by atoms with Crippen LogP contribution in [-0.2, 0) is 9.53 Å². The van der Waals surface area contributed by atoms with Gasteiger partial charge in [-0.2, -0.15) is 11.8 Å². The first-order valence-corrected chi connectivity index (χ1v) is 6.35. The van der Waals surface area contributed by atoms with Crippen LogP contribution in [-0.4, -0.2) is 35.3 Å². The second-order valence-corrected chi connectivity index (χ2v) is 4.71. The number of aliphatic carboxylic acids is 1. The number of hydrogen-bond acceptors (Lipinski definition) is 3. The van der Waals surface area contributed by atoms with E-state index in [0.717, 1.165) is 31.0 Å². The normalized spacial score (nSPS) is 21.3. The highest BCUT2D eigenvalue weighted by atomic mass is 32.2. The van der Waals surface area contributed by atoms with Crippen molar-refractivity contribution >= 4 is 17.7 Å². The van der Waals surface area contributed by atoms with Crippen LogP contribution in [0.4, 0.5) is 0 Å². The average molecular weight is 218 g/mol. The molecule has 0 aromatic heterocycles. The fraction of sp³-hybridized carbons (Fsp3) is 0.900. The molecular formula is C10H18O3S. The van der Waals surface area contributed by atoms with E-state index in [0.29, 0.717) is 12.5 Å². The first-order chi connectivity index (χ1) is 6.79. The zero-order valence-corrected chi connectivity index (χ0v) is 9.22. The van der Waals surface area contributed by atoms with Crippen molar-refractivity contribution < 1.29 is 14.6 Å². The Kier molecular flexibility index (Phi) is 6.03. The summed E-state index contributed by atoms with van der Waals surface area (Å²) in [5, 5.41) is 8.42. The van der Waals surface area contributed by atoms with Gasteiger partial charge in [-0.05, 0) is 31.4 Å². The van der Waals surface area contributed by atoms with Gasteiger partial charge in [-0.15, -0.1) is 0 Å². The lowest BCUT2D eigenvalue weighted by molar-refractivity contribution is -0.137. The maximum Gasteiger partial charge on any atom is 0.303 e. The molecule has 0 spiro atoms. The van der Waals surface area contributed by atoms with Gasteiger partial charge in [0.2, 0.25) is 0 Å². The van der Waals surface area contributed by atoms with Gasteiger partial charge in [0, 0.05) is 18.8 Å². The zero-order chi connectivity index (χ0) is 10.2. The summed E-state index contributed by atoms with van der Waals surface area (Å²) in [6, 6.07) is 0. The molecule has 1 aliphatic rings. The summed E-state index contributed by atoms with van der Waals surface area (Å²) >= 11 is 1.88. The highest BCUT2D eigenvalue weighted by molar-refractivity contribution is 7.99. The van der Waals surface area contributed by atoms with Crippen molar-refractivity contribution in [1.82, 2.24) is 0 Å². The molecule has 3 nitrogen and oxygen atoms in total. The Morgan fingerprint density at radius 3 is 3.00 bits per heavy atom. The maximum atomic E-state index is 10.2. The van der Waals surface area contributed by atoms with E-state index in [2.05, 4.69) is 0 Å². The van der Waals surface area contributed by atoms with Crippen LogP contribution >= 0.6 is 11.8 Å². The predicted molar refractivity (Wildman–Crippen MR) is 57.8 cm³/mol. The second kappa shape index (κ2) is 7.12. The van der Waals surface area contributed by atoms with Crippen LogP contribution in [0.15, 0.2) is 0 Å². The summed E-state index contributed by atoms with van der Waals surface area (Å²) in [7, 11) is 0. The summed E-state index contributed by atoms with van der Waals surface area (Å²) in [6.07, 6.45) is 4.96. The van der Waals surface area contributed by atoms with E-state index in [4.69, 9.17) is 9.84 Å². The number of ether oxygens (including phenoxy) is 1. The summed E-state index contributed by atoms with van der Waals surface area (Å²) in [5.41, 5.74) is 0. The van der Waals surface area contributed by atoms with Crippen LogP contribution in [0.1, 0.15) is 32.1 Å². The Balaban J connectivity index is 1.82. The zero-order valence-electron chi connectivity index (χ0n) is 8.41. The van der Waals surface area contributed by atoms with Gasteiger partial charge < -0.3 is 9.84 Å². The first-order valence-electron chi connectivity index (χ1n) is 5.20. The molecule has 0 saturated carbocycles. The molecule has 0 radical (unpaired) electrons. The van der Waals surface area contributed by atoms with E-state index < -0.39 is 5.97 Å². The molecule has 0 amide bonds. The summed E-state index contributed by atoms with van der Waals surface area (Å²) in [6.45, 7) is 0.921. The maximum absolute atomic E-state index is 10.2. The van der Waals surface area contributed by atoms with E-state index in [1.807, 2.05) is 11.8 Å². The smallest absolute Gasteiger partial charge is 0.303 e. The molecule has 4 heteroatoms. The van der Waals surface area contributed by atoms with Gasteiger partial charge in [0.25, 0.3) is 0 Å². The molecule has 0 bridgehead atoms. The van der Waals surface area contributed by atoms with E-state index in [1.165, 1.54) is 12.8 Å². The van der Waals surface area contributed by atoms with Crippen LogP contribution in [0.5, 0.6) is 0 Å². The molecule has 1 unspecified atom stereocenters. The highest BCUT2D eigenvalue weighted by Gasteiger charge is 2.14. The largest absolute Gasteiger partial charge is 0.481 e. The van der Waals surface area contributed by atoms with Crippen molar-refractivity contribution in [2.24, 2.45) is 0 Å². The topological polar surface area (TPSA) is 46.5 Å². The lowest BCUT2D eigenvalue weighted by Gasteiger charge is -2.07. The quantitative estimate of drug-likeness (QED) is 0.665. The molecule has 14 heavy (non-hydrogen) atoms. The Morgan fingerprint density at radius 2 is 2.36 bits per heavy atom. The van der Waals surface area contributed by atoms with Gasteiger partial charge in [0.15, 0.2) is 0 Å². The van der Waals surface area contributed by atoms with E-state index >= 15 is 0 Å². The van der Waals surface area contributed by atoms with E-state index in [9.17, 15) is 4.79 Å². The molecule has 1 saturated heterocycles. The van der Waals surface area contributed by atoms with Crippen molar-refractivity contribution in [3.63, 3.8) is 0 Å². The molecular weight excluding hydrogens is 200 g/mol. The third kappa shape index (κ3) is 5.50. The van der Waals surface area contributed by atoms with Gasteiger partial charge >= 0.3 is 5.97 Å². The standard InChI is InChI=1S/C10H18O3S/c11-10(12)5-1-2-7-14-8-9-4-3-6-13-9/h9H,1-8H2,(H,11,12). The molecule has 1 aliphatic heterocycles. The molecule has 1 rings (SSSR count). The van der Waals surface area contributed by atoms with Gasteiger partial charge in [-0.25, -0.2) is 0 Å². The molecule has 82 valence electrons. The van der Waals surface area contributed by atoms with Crippen molar-refractivity contribution in [3.05, 3.63) is 0 Å². The minimum absolute atomic E-state index is 0.306. The summed E-state index contributed by atoms with van der Waals surface area (Å²) < 4.78 is 5.48. The number of hydrogen-bond donors (Lipinski definition) is 1. The predicted octanol–water partition coefficient (Wildman–Crippen LogP) is 2.15. The lowest BCUT2D eigenvalue weighted by Crippen LogP contribution is -2.08. The Hall–Kier alpha value is -0.220. The molecule has 0 aromatic carbocycles. The van der Waals surface area contributed by atoms with Crippen LogP contribution in [0.3, 0.4) is 0 Å². The molecule has 1 heterocycles. The van der Waals surface area contributed by atoms with Crippen LogP contribution in [0, 0.1) is 0 Å². The van der Waals surface area contributed by atoms with Gasteiger partial charge in [0.05, 0.1) is 6.10 Å². The summed E-state index contributed by atoms with van der Waals surface area (Å²) in [4.78, 5) is 10.2. The minimum atomic E-state index is -0.686. The van der Waals surface area contributed by atoms with Crippen LogP contribution in [0.25, 0.3) is 0 Å².